The van der Waals surface area contributed by atoms with Crippen LogP contribution in [0.4, 0.5) is 0 Å². The van der Waals surface area contributed by atoms with Crippen molar-refractivity contribution in [2.24, 2.45) is 5.41 Å². The molecule has 3 aliphatic heterocycles. The van der Waals surface area contributed by atoms with E-state index in [0.717, 1.165) is 29.0 Å². The summed E-state index contributed by atoms with van der Waals surface area (Å²) in [5, 5.41) is -0.561. The minimum atomic E-state index is -0.561. The molecule has 0 unspecified atom stereocenters. The fraction of sp³-hybridized carbons (Fsp3) is 0.600. The Bertz CT molecular complexity index is 421. The summed E-state index contributed by atoms with van der Waals surface area (Å²) in [7, 11) is 0. The molecule has 2 nitrogen and oxygen atoms in total. The molecule has 104 valence electrons. The zero-order valence-electron chi connectivity index (χ0n) is 11.2. The third-order valence-electron chi connectivity index (χ3n) is 3.96. The average Bonchev–Trinajstić information content (AvgIpc) is 2.48. The van der Waals surface area contributed by atoms with Gasteiger partial charge in [0.05, 0.1) is 13.2 Å². The third-order valence-corrected chi connectivity index (χ3v) is 6.10. The standard InChI is InChI=1S/C15H19BrO2S/c1-2-3-8-14-9-17-15(18-10-14,19-11-14)12-4-6-13(16)7-5-12/h4-7H,2-3,8-11H2,1H3. The lowest BCUT2D eigenvalue weighted by molar-refractivity contribution is -0.266. The molecular formula is C15H19BrO2S. The van der Waals surface area contributed by atoms with Gasteiger partial charge < -0.3 is 9.47 Å². The van der Waals surface area contributed by atoms with Crippen molar-refractivity contribution in [3.63, 3.8) is 0 Å². The second-order valence-corrected chi connectivity index (χ2v) is 7.56. The van der Waals surface area contributed by atoms with Crippen molar-refractivity contribution < 1.29 is 9.47 Å². The summed E-state index contributed by atoms with van der Waals surface area (Å²) >= 11 is 5.28. The lowest BCUT2D eigenvalue weighted by Gasteiger charge is -2.52. The molecule has 3 aliphatic rings. The van der Waals surface area contributed by atoms with Crippen LogP contribution in [0.3, 0.4) is 0 Å². The molecule has 0 saturated carbocycles. The summed E-state index contributed by atoms with van der Waals surface area (Å²) < 4.78 is 13.3. The van der Waals surface area contributed by atoms with Crippen LogP contribution in [-0.4, -0.2) is 19.0 Å². The zero-order chi connectivity index (χ0) is 13.3. The summed E-state index contributed by atoms with van der Waals surface area (Å²) in [5.41, 5.74) is 1.36. The van der Waals surface area contributed by atoms with Crippen molar-refractivity contribution in [3.8, 4) is 0 Å². The maximum absolute atomic E-state index is 6.12. The van der Waals surface area contributed by atoms with Crippen LogP contribution in [0.15, 0.2) is 28.7 Å². The van der Waals surface area contributed by atoms with Crippen LogP contribution in [0.5, 0.6) is 0 Å². The van der Waals surface area contributed by atoms with E-state index in [1.807, 2.05) is 23.9 Å². The Hall–Kier alpha value is -0.0300. The van der Waals surface area contributed by atoms with Crippen molar-refractivity contribution >= 4 is 27.7 Å². The quantitative estimate of drug-likeness (QED) is 0.800. The number of thioether (sulfide) groups is 1. The summed E-state index contributed by atoms with van der Waals surface area (Å²) in [5.74, 6) is 1.14. The van der Waals surface area contributed by atoms with Crippen molar-refractivity contribution in [2.45, 2.75) is 31.3 Å². The minimum absolute atomic E-state index is 0.248. The zero-order valence-corrected chi connectivity index (χ0v) is 13.6. The van der Waals surface area contributed by atoms with Crippen LogP contribution in [-0.2, 0) is 14.6 Å². The van der Waals surface area contributed by atoms with Gasteiger partial charge in [-0.2, -0.15) is 0 Å². The van der Waals surface area contributed by atoms with E-state index in [2.05, 4.69) is 35.0 Å². The highest BCUT2D eigenvalue weighted by molar-refractivity contribution is 9.10. The van der Waals surface area contributed by atoms with Crippen LogP contribution in [0.1, 0.15) is 31.7 Å². The van der Waals surface area contributed by atoms with Gasteiger partial charge in [-0.25, -0.2) is 0 Å². The van der Waals surface area contributed by atoms with Crippen LogP contribution in [0.25, 0.3) is 0 Å². The van der Waals surface area contributed by atoms with E-state index in [1.165, 1.54) is 19.3 Å². The minimum Gasteiger partial charge on any atom is -0.337 e. The van der Waals surface area contributed by atoms with Gasteiger partial charge in [0.2, 0.25) is 5.12 Å². The molecule has 1 aromatic rings. The van der Waals surface area contributed by atoms with Gasteiger partial charge in [-0.05, 0) is 18.6 Å². The lowest BCUT2D eigenvalue weighted by atomic mass is 9.85. The summed E-state index contributed by atoms with van der Waals surface area (Å²) in [4.78, 5) is 0. The Morgan fingerprint density at radius 2 is 1.89 bits per heavy atom. The molecule has 2 bridgehead atoms. The van der Waals surface area contributed by atoms with Gasteiger partial charge in [0.25, 0.3) is 0 Å². The molecule has 19 heavy (non-hydrogen) atoms. The van der Waals surface area contributed by atoms with E-state index in [4.69, 9.17) is 9.47 Å². The lowest BCUT2D eigenvalue weighted by Crippen LogP contribution is -2.53. The molecule has 3 fully saturated rings. The van der Waals surface area contributed by atoms with E-state index in [9.17, 15) is 0 Å². The fourth-order valence-electron chi connectivity index (χ4n) is 2.67. The highest BCUT2D eigenvalue weighted by Crippen LogP contribution is 2.54. The number of rotatable bonds is 4. The molecule has 3 heterocycles. The number of hydrogen-bond donors (Lipinski definition) is 0. The maximum atomic E-state index is 6.12. The van der Waals surface area contributed by atoms with Gasteiger partial charge in [-0.15, -0.1) is 0 Å². The molecule has 1 aromatic carbocycles. The van der Waals surface area contributed by atoms with E-state index in [-0.39, 0.29) is 5.41 Å². The van der Waals surface area contributed by atoms with Crippen molar-refractivity contribution in [1.82, 2.24) is 0 Å². The van der Waals surface area contributed by atoms with E-state index >= 15 is 0 Å². The summed E-state index contributed by atoms with van der Waals surface area (Å²) in [6, 6.07) is 8.26. The Morgan fingerprint density at radius 3 is 2.42 bits per heavy atom. The Balaban J connectivity index is 1.75. The second-order valence-electron chi connectivity index (χ2n) is 5.53. The number of halogens is 1. The second kappa shape index (κ2) is 5.40. The van der Waals surface area contributed by atoms with Gasteiger partial charge >= 0.3 is 0 Å². The molecule has 0 N–H and O–H groups in total. The van der Waals surface area contributed by atoms with E-state index in [0.29, 0.717) is 0 Å². The SMILES string of the molecule is CCCCC12COC(c3ccc(Br)cc3)(OC1)SC2. The molecule has 4 rings (SSSR count). The molecule has 4 heteroatoms. The normalized spacial score (nSPS) is 33.6. The third kappa shape index (κ3) is 2.60. The van der Waals surface area contributed by atoms with Crippen LogP contribution < -0.4 is 0 Å². The first kappa shape index (κ1) is 13.9. The highest BCUT2D eigenvalue weighted by atomic mass is 79.9. The predicted octanol–water partition coefficient (Wildman–Crippen LogP) is 4.53. The molecule has 0 spiro atoms. The first-order valence-electron chi connectivity index (χ1n) is 6.86. The van der Waals surface area contributed by atoms with E-state index < -0.39 is 5.12 Å². The van der Waals surface area contributed by atoms with Crippen molar-refractivity contribution in [2.75, 3.05) is 19.0 Å². The van der Waals surface area contributed by atoms with Crippen molar-refractivity contribution in [3.05, 3.63) is 34.3 Å². The first-order valence-corrected chi connectivity index (χ1v) is 8.64. The number of ether oxygens (including phenoxy) is 2. The van der Waals surface area contributed by atoms with Gasteiger partial charge in [-0.3, -0.25) is 0 Å². The molecule has 0 amide bonds. The molecule has 0 atom stereocenters. The number of fused-ring (bicyclic) bond motifs is 3. The molecule has 0 aliphatic carbocycles. The molecule has 3 saturated heterocycles. The number of unbranched alkanes of at least 4 members (excludes halogenated alkanes) is 1. The van der Waals surface area contributed by atoms with Gasteiger partial charge in [0, 0.05) is 21.2 Å². The van der Waals surface area contributed by atoms with Crippen LogP contribution in [0, 0.1) is 5.41 Å². The van der Waals surface area contributed by atoms with Gasteiger partial charge in [0.1, 0.15) is 0 Å². The first-order chi connectivity index (χ1) is 9.18. The highest BCUT2D eigenvalue weighted by Gasteiger charge is 2.52. The summed E-state index contributed by atoms with van der Waals surface area (Å²) in [6.07, 6.45) is 3.72. The van der Waals surface area contributed by atoms with E-state index in [1.54, 1.807) is 0 Å². The largest absolute Gasteiger partial charge is 0.337 e. The summed E-state index contributed by atoms with van der Waals surface area (Å²) in [6.45, 7) is 3.90. The van der Waals surface area contributed by atoms with Gasteiger partial charge in [-0.1, -0.05) is 59.6 Å². The monoisotopic (exact) mass is 342 g/mol. The van der Waals surface area contributed by atoms with Crippen LogP contribution >= 0.6 is 27.7 Å². The fourth-order valence-corrected chi connectivity index (χ4v) is 4.33. The molecular weight excluding hydrogens is 324 g/mol. The van der Waals surface area contributed by atoms with Crippen LogP contribution in [0.2, 0.25) is 0 Å². The topological polar surface area (TPSA) is 18.5 Å². The Kier molecular flexibility index (Phi) is 3.96. The van der Waals surface area contributed by atoms with Crippen molar-refractivity contribution in [1.29, 1.82) is 0 Å². The Morgan fingerprint density at radius 1 is 1.21 bits per heavy atom. The maximum Gasteiger partial charge on any atom is 0.245 e. The molecule has 0 radical (unpaired) electrons. The Labute approximate surface area is 127 Å². The molecule has 0 aromatic heterocycles. The predicted molar refractivity (Wildman–Crippen MR) is 82.1 cm³/mol. The smallest absolute Gasteiger partial charge is 0.245 e. The average molecular weight is 343 g/mol. The number of benzene rings is 1. The number of hydrogen-bond acceptors (Lipinski definition) is 3. The van der Waals surface area contributed by atoms with Gasteiger partial charge in [0.15, 0.2) is 0 Å².